The van der Waals surface area contributed by atoms with Gasteiger partial charge in [0.25, 0.3) is 0 Å². The number of hydrogen-bond donors (Lipinski definition) is 2. The molecule has 1 aliphatic rings. The van der Waals surface area contributed by atoms with Gasteiger partial charge < -0.3 is 20.4 Å². The molecule has 6 nitrogen and oxygen atoms in total. The molecular weight excluding hydrogens is 220 g/mol. The van der Waals surface area contributed by atoms with Crippen LogP contribution in [-0.2, 0) is 4.79 Å². The fourth-order valence-corrected chi connectivity index (χ4v) is 1.62. The Bertz CT molecular complexity index is 262. The van der Waals surface area contributed by atoms with Gasteiger partial charge >= 0.3 is 6.03 Å². The standard InChI is InChI=1S/C11H22N4O2/c1-3-4-12-11(17)13-9-10(16)15-7-5-14(2)6-8-15/h3-9H2,1-2H3,(H2,12,13,17). The highest BCUT2D eigenvalue weighted by molar-refractivity contribution is 5.84. The lowest BCUT2D eigenvalue weighted by Gasteiger charge is -2.32. The minimum atomic E-state index is -0.269. The lowest BCUT2D eigenvalue weighted by Crippen LogP contribution is -2.50. The van der Waals surface area contributed by atoms with E-state index in [2.05, 4.69) is 15.5 Å². The van der Waals surface area contributed by atoms with Crippen LogP contribution >= 0.6 is 0 Å². The first-order valence-corrected chi connectivity index (χ1v) is 6.11. The number of amides is 3. The van der Waals surface area contributed by atoms with Gasteiger partial charge in [-0.3, -0.25) is 4.79 Å². The molecule has 98 valence electrons. The lowest BCUT2D eigenvalue weighted by molar-refractivity contribution is -0.131. The second-order valence-corrected chi connectivity index (χ2v) is 4.29. The monoisotopic (exact) mass is 242 g/mol. The van der Waals surface area contributed by atoms with Gasteiger partial charge in [0.1, 0.15) is 0 Å². The molecule has 1 aliphatic heterocycles. The number of urea groups is 1. The summed E-state index contributed by atoms with van der Waals surface area (Å²) in [4.78, 5) is 27.0. The van der Waals surface area contributed by atoms with E-state index < -0.39 is 0 Å². The molecule has 1 heterocycles. The van der Waals surface area contributed by atoms with E-state index in [-0.39, 0.29) is 18.5 Å². The van der Waals surface area contributed by atoms with Crippen molar-refractivity contribution in [3.05, 3.63) is 0 Å². The van der Waals surface area contributed by atoms with Gasteiger partial charge in [-0.2, -0.15) is 0 Å². The zero-order valence-corrected chi connectivity index (χ0v) is 10.7. The molecular formula is C11H22N4O2. The Kier molecular flexibility index (Phi) is 5.76. The summed E-state index contributed by atoms with van der Waals surface area (Å²) in [5.74, 6) is -0.00949. The van der Waals surface area contributed by atoms with Crippen LogP contribution in [0.4, 0.5) is 4.79 Å². The Hall–Kier alpha value is -1.30. The van der Waals surface area contributed by atoms with Crippen LogP contribution in [0.25, 0.3) is 0 Å². The van der Waals surface area contributed by atoms with E-state index in [0.29, 0.717) is 6.54 Å². The molecule has 0 radical (unpaired) electrons. The highest BCUT2D eigenvalue weighted by Crippen LogP contribution is 1.98. The van der Waals surface area contributed by atoms with Crippen LogP contribution in [0.1, 0.15) is 13.3 Å². The highest BCUT2D eigenvalue weighted by atomic mass is 16.2. The zero-order valence-electron chi connectivity index (χ0n) is 10.7. The van der Waals surface area contributed by atoms with E-state index >= 15 is 0 Å². The quantitative estimate of drug-likeness (QED) is 0.696. The number of piperazine rings is 1. The molecule has 1 saturated heterocycles. The zero-order chi connectivity index (χ0) is 12.7. The van der Waals surface area contributed by atoms with Crippen molar-refractivity contribution in [3.63, 3.8) is 0 Å². The second kappa shape index (κ2) is 7.11. The van der Waals surface area contributed by atoms with Gasteiger partial charge in [-0.25, -0.2) is 4.79 Å². The SMILES string of the molecule is CCCNC(=O)NCC(=O)N1CCN(C)CC1. The predicted octanol–water partition coefficient (Wildman–Crippen LogP) is -0.530. The molecule has 0 aromatic heterocycles. The maximum absolute atomic E-state index is 11.7. The van der Waals surface area contributed by atoms with Crippen LogP contribution in [0.15, 0.2) is 0 Å². The molecule has 1 rings (SSSR count). The van der Waals surface area contributed by atoms with Gasteiger partial charge in [0.15, 0.2) is 0 Å². The average Bonchev–Trinajstić information content (AvgIpc) is 2.34. The third-order valence-electron chi connectivity index (χ3n) is 2.79. The van der Waals surface area contributed by atoms with E-state index in [9.17, 15) is 9.59 Å². The molecule has 0 aromatic carbocycles. The molecule has 0 unspecified atom stereocenters. The smallest absolute Gasteiger partial charge is 0.315 e. The summed E-state index contributed by atoms with van der Waals surface area (Å²) >= 11 is 0. The summed E-state index contributed by atoms with van der Waals surface area (Å²) in [5, 5.41) is 5.24. The predicted molar refractivity (Wildman–Crippen MR) is 65.8 cm³/mol. The first kappa shape index (κ1) is 13.8. The first-order valence-electron chi connectivity index (χ1n) is 6.11. The Morgan fingerprint density at radius 1 is 1.12 bits per heavy atom. The van der Waals surface area contributed by atoms with Gasteiger partial charge in [0.05, 0.1) is 6.54 Å². The van der Waals surface area contributed by atoms with Crippen LogP contribution in [0.2, 0.25) is 0 Å². The van der Waals surface area contributed by atoms with E-state index in [0.717, 1.165) is 32.6 Å². The maximum atomic E-state index is 11.7. The number of carbonyl (C=O) groups is 2. The van der Waals surface area contributed by atoms with Crippen molar-refractivity contribution in [2.75, 3.05) is 46.3 Å². The van der Waals surface area contributed by atoms with Crippen molar-refractivity contribution in [1.82, 2.24) is 20.4 Å². The van der Waals surface area contributed by atoms with E-state index in [4.69, 9.17) is 0 Å². The van der Waals surface area contributed by atoms with Gasteiger partial charge in [-0.15, -0.1) is 0 Å². The van der Waals surface area contributed by atoms with Gasteiger partial charge in [0.2, 0.25) is 5.91 Å². The number of nitrogens with one attached hydrogen (secondary N) is 2. The van der Waals surface area contributed by atoms with Crippen molar-refractivity contribution in [2.24, 2.45) is 0 Å². The number of carbonyl (C=O) groups excluding carboxylic acids is 2. The lowest BCUT2D eigenvalue weighted by atomic mass is 10.3. The van der Waals surface area contributed by atoms with Crippen molar-refractivity contribution in [3.8, 4) is 0 Å². The minimum absolute atomic E-state index is 0.00949. The molecule has 0 bridgehead atoms. The topological polar surface area (TPSA) is 64.7 Å². The fourth-order valence-electron chi connectivity index (χ4n) is 1.62. The highest BCUT2D eigenvalue weighted by Gasteiger charge is 2.18. The Balaban J connectivity index is 2.18. The van der Waals surface area contributed by atoms with Gasteiger partial charge in [-0.1, -0.05) is 6.92 Å². The summed E-state index contributed by atoms with van der Waals surface area (Å²) in [6, 6.07) is -0.269. The van der Waals surface area contributed by atoms with Crippen LogP contribution in [0, 0.1) is 0 Å². The van der Waals surface area contributed by atoms with Gasteiger partial charge in [0, 0.05) is 32.7 Å². The molecule has 1 fully saturated rings. The molecule has 0 aliphatic carbocycles. The third kappa shape index (κ3) is 5.04. The largest absolute Gasteiger partial charge is 0.339 e. The summed E-state index contributed by atoms with van der Waals surface area (Å²) in [7, 11) is 2.04. The molecule has 2 N–H and O–H groups in total. The molecule has 0 atom stereocenters. The number of nitrogens with zero attached hydrogens (tertiary/aromatic N) is 2. The third-order valence-corrected chi connectivity index (χ3v) is 2.79. The van der Waals surface area contributed by atoms with Crippen molar-refractivity contribution in [2.45, 2.75) is 13.3 Å². The van der Waals surface area contributed by atoms with E-state index in [1.165, 1.54) is 0 Å². The first-order chi connectivity index (χ1) is 8.13. The Morgan fingerprint density at radius 3 is 2.35 bits per heavy atom. The van der Waals surface area contributed by atoms with E-state index in [1.807, 2.05) is 14.0 Å². The van der Waals surface area contributed by atoms with Crippen LogP contribution in [0.3, 0.4) is 0 Å². The van der Waals surface area contributed by atoms with Crippen LogP contribution in [-0.4, -0.2) is 68.1 Å². The molecule has 3 amide bonds. The number of hydrogen-bond acceptors (Lipinski definition) is 3. The maximum Gasteiger partial charge on any atom is 0.315 e. The van der Waals surface area contributed by atoms with Crippen LogP contribution < -0.4 is 10.6 Å². The fraction of sp³-hybridized carbons (Fsp3) is 0.818. The summed E-state index contributed by atoms with van der Waals surface area (Å²) < 4.78 is 0. The molecule has 0 aromatic rings. The van der Waals surface area contributed by atoms with Crippen molar-refractivity contribution < 1.29 is 9.59 Å². The second-order valence-electron chi connectivity index (χ2n) is 4.29. The number of likely N-dealkylation sites (N-methyl/N-ethyl adjacent to an activating group) is 1. The normalized spacial score (nSPS) is 16.7. The van der Waals surface area contributed by atoms with Gasteiger partial charge in [-0.05, 0) is 13.5 Å². The van der Waals surface area contributed by atoms with Crippen molar-refractivity contribution in [1.29, 1.82) is 0 Å². The molecule has 0 spiro atoms. The Morgan fingerprint density at radius 2 is 1.76 bits per heavy atom. The molecule has 6 heteroatoms. The number of rotatable bonds is 4. The Labute approximate surface area is 102 Å². The van der Waals surface area contributed by atoms with Crippen molar-refractivity contribution >= 4 is 11.9 Å². The average molecular weight is 242 g/mol. The molecule has 0 saturated carbocycles. The summed E-state index contributed by atoms with van der Waals surface area (Å²) in [6.45, 7) is 5.98. The van der Waals surface area contributed by atoms with Crippen LogP contribution in [0.5, 0.6) is 0 Å². The molecule has 17 heavy (non-hydrogen) atoms. The summed E-state index contributed by atoms with van der Waals surface area (Å²) in [6.07, 6.45) is 0.889. The minimum Gasteiger partial charge on any atom is -0.339 e. The summed E-state index contributed by atoms with van der Waals surface area (Å²) in [5.41, 5.74) is 0. The van der Waals surface area contributed by atoms with E-state index in [1.54, 1.807) is 4.90 Å².